The van der Waals surface area contributed by atoms with Gasteiger partial charge in [-0.15, -0.1) is 0 Å². The molecule has 1 aliphatic rings. The predicted molar refractivity (Wildman–Crippen MR) is 86.9 cm³/mol. The van der Waals surface area contributed by atoms with Gasteiger partial charge in [-0.1, -0.05) is 17.7 Å². The molecule has 0 radical (unpaired) electrons. The zero-order valence-corrected chi connectivity index (χ0v) is 13.3. The molecular weight excluding hydrogens is 356 g/mol. The highest BCUT2D eigenvalue weighted by molar-refractivity contribution is 9.10. The van der Waals surface area contributed by atoms with E-state index in [-0.39, 0.29) is 11.7 Å². The largest absolute Gasteiger partial charge is 0.507 e. The number of phenols is 1. The average Bonchev–Trinajstić information content (AvgIpc) is 2.79. The maximum Gasteiger partial charge on any atom is 0.228 e. The number of hydrogen-bond donors (Lipinski definition) is 3. The van der Waals surface area contributed by atoms with Crippen molar-refractivity contribution in [1.29, 1.82) is 0 Å². The maximum absolute atomic E-state index is 11.4. The van der Waals surface area contributed by atoms with Crippen molar-refractivity contribution in [3.63, 3.8) is 0 Å². The summed E-state index contributed by atoms with van der Waals surface area (Å²) in [7, 11) is 0. The van der Waals surface area contributed by atoms with Gasteiger partial charge in [0.15, 0.2) is 0 Å². The van der Waals surface area contributed by atoms with E-state index in [4.69, 9.17) is 11.6 Å². The molecule has 0 fully saturated rings. The molecule has 1 amide bonds. The van der Waals surface area contributed by atoms with Gasteiger partial charge < -0.3 is 15.7 Å². The van der Waals surface area contributed by atoms with Crippen LogP contribution >= 0.6 is 27.5 Å². The number of carbonyl (C=O) groups excluding carboxylic acids is 1. The molecule has 0 aliphatic carbocycles. The Hall–Kier alpha value is -1.72. The van der Waals surface area contributed by atoms with Crippen molar-refractivity contribution in [3.8, 4) is 5.75 Å². The first kappa shape index (κ1) is 14.2. The molecule has 0 atom stereocenters. The molecule has 0 bridgehead atoms. The number of rotatable bonds is 3. The van der Waals surface area contributed by atoms with Crippen LogP contribution in [0.2, 0.25) is 5.02 Å². The van der Waals surface area contributed by atoms with E-state index in [0.717, 1.165) is 22.5 Å². The first-order valence-corrected chi connectivity index (χ1v) is 7.53. The lowest BCUT2D eigenvalue weighted by molar-refractivity contribution is -0.115. The number of aromatic hydroxyl groups is 1. The monoisotopic (exact) mass is 366 g/mol. The SMILES string of the molecule is O=C1Cc2cc(NCc3ccc(O)c(Br)c3)c(Cl)cc2N1. The molecule has 1 heterocycles. The minimum atomic E-state index is -0.0133. The molecule has 0 spiro atoms. The quantitative estimate of drug-likeness (QED) is 0.770. The topological polar surface area (TPSA) is 61.4 Å². The molecule has 3 N–H and O–H groups in total. The van der Waals surface area contributed by atoms with Crippen molar-refractivity contribution in [1.82, 2.24) is 0 Å². The van der Waals surface area contributed by atoms with E-state index < -0.39 is 0 Å². The maximum atomic E-state index is 11.4. The summed E-state index contributed by atoms with van der Waals surface area (Å²) < 4.78 is 0.650. The number of hydrogen-bond acceptors (Lipinski definition) is 3. The Balaban J connectivity index is 1.78. The van der Waals surface area contributed by atoms with E-state index in [1.165, 1.54) is 0 Å². The van der Waals surface area contributed by atoms with Gasteiger partial charge in [-0.25, -0.2) is 0 Å². The van der Waals surface area contributed by atoms with Crippen LogP contribution in [0.1, 0.15) is 11.1 Å². The van der Waals surface area contributed by atoms with E-state index in [2.05, 4.69) is 26.6 Å². The van der Waals surface area contributed by atoms with Crippen LogP contribution in [0.3, 0.4) is 0 Å². The summed E-state index contributed by atoms with van der Waals surface area (Å²) in [6.07, 6.45) is 0.381. The smallest absolute Gasteiger partial charge is 0.228 e. The standard InChI is InChI=1S/C15H12BrClN2O2/c16-10-3-8(1-2-14(10)20)7-18-13-4-9-5-15(21)19-12(9)6-11(13)17/h1-4,6,18,20H,5,7H2,(H,19,21). The Bertz CT molecular complexity index is 734. The fourth-order valence-corrected chi connectivity index (χ4v) is 2.90. The van der Waals surface area contributed by atoms with Gasteiger partial charge >= 0.3 is 0 Å². The molecule has 0 saturated heterocycles. The first-order valence-electron chi connectivity index (χ1n) is 6.36. The van der Waals surface area contributed by atoms with Gasteiger partial charge in [-0.3, -0.25) is 4.79 Å². The van der Waals surface area contributed by atoms with Crippen LogP contribution in [0.4, 0.5) is 11.4 Å². The molecule has 21 heavy (non-hydrogen) atoms. The van der Waals surface area contributed by atoms with E-state index in [0.29, 0.717) is 22.5 Å². The molecule has 2 aromatic rings. The van der Waals surface area contributed by atoms with Gasteiger partial charge in [0.2, 0.25) is 5.91 Å². The molecule has 3 rings (SSSR count). The van der Waals surface area contributed by atoms with Crippen LogP contribution < -0.4 is 10.6 Å². The number of anilines is 2. The lowest BCUT2D eigenvalue weighted by Crippen LogP contribution is -2.03. The summed E-state index contributed by atoms with van der Waals surface area (Å²) in [6, 6.07) is 8.96. The van der Waals surface area contributed by atoms with Crippen LogP contribution in [-0.4, -0.2) is 11.0 Å². The molecule has 0 unspecified atom stereocenters. The number of phenolic OH excluding ortho intramolecular Hbond substituents is 1. The zero-order chi connectivity index (χ0) is 15.0. The molecule has 2 aromatic carbocycles. The Kier molecular flexibility index (Phi) is 3.78. The van der Waals surface area contributed by atoms with E-state index in [1.807, 2.05) is 18.2 Å². The van der Waals surface area contributed by atoms with Crippen molar-refractivity contribution in [2.45, 2.75) is 13.0 Å². The second-order valence-corrected chi connectivity index (χ2v) is 6.12. The van der Waals surface area contributed by atoms with Gasteiger partial charge in [0.25, 0.3) is 0 Å². The lowest BCUT2D eigenvalue weighted by atomic mass is 10.1. The van der Waals surface area contributed by atoms with Crippen molar-refractivity contribution >= 4 is 44.8 Å². The predicted octanol–water partition coefficient (Wildman–Crippen LogP) is 3.91. The summed E-state index contributed by atoms with van der Waals surface area (Å²) in [4.78, 5) is 11.4. The molecule has 0 saturated carbocycles. The third-order valence-corrected chi connectivity index (χ3v) is 4.26. The minimum Gasteiger partial charge on any atom is -0.507 e. The van der Waals surface area contributed by atoms with E-state index >= 15 is 0 Å². The third kappa shape index (κ3) is 2.99. The van der Waals surface area contributed by atoms with Gasteiger partial charge in [-0.05, 0) is 51.3 Å². The van der Waals surface area contributed by atoms with Crippen LogP contribution in [0.15, 0.2) is 34.8 Å². The Morgan fingerprint density at radius 1 is 1.33 bits per heavy atom. The second kappa shape index (κ2) is 5.58. The van der Waals surface area contributed by atoms with Gasteiger partial charge in [0.05, 0.1) is 21.6 Å². The van der Waals surface area contributed by atoms with Crippen LogP contribution in [0.25, 0.3) is 0 Å². The van der Waals surface area contributed by atoms with Crippen LogP contribution in [0, 0.1) is 0 Å². The van der Waals surface area contributed by atoms with Crippen LogP contribution in [0.5, 0.6) is 5.75 Å². The Labute approximate surface area is 135 Å². The minimum absolute atomic E-state index is 0.0133. The number of benzene rings is 2. The van der Waals surface area contributed by atoms with Crippen molar-refractivity contribution in [2.24, 2.45) is 0 Å². The highest BCUT2D eigenvalue weighted by Crippen LogP contribution is 2.33. The lowest BCUT2D eigenvalue weighted by Gasteiger charge is -2.11. The molecular formula is C15H12BrClN2O2. The number of amides is 1. The average molecular weight is 368 g/mol. The number of carbonyl (C=O) groups is 1. The van der Waals surface area contributed by atoms with E-state index in [9.17, 15) is 9.90 Å². The van der Waals surface area contributed by atoms with E-state index in [1.54, 1.807) is 12.1 Å². The summed E-state index contributed by atoms with van der Waals surface area (Å²) in [6.45, 7) is 0.568. The Morgan fingerprint density at radius 3 is 2.90 bits per heavy atom. The first-order chi connectivity index (χ1) is 10.0. The van der Waals surface area contributed by atoms with Gasteiger partial charge in [0, 0.05) is 12.2 Å². The molecule has 4 nitrogen and oxygen atoms in total. The summed E-state index contributed by atoms with van der Waals surface area (Å²) >= 11 is 9.50. The summed E-state index contributed by atoms with van der Waals surface area (Å²) in [5, 5.41) is 16.1. The summed E-state index contributed by atoms with van der Waals surface area (Å²) in [5.41, 5.74) is 3.52. The highest BCUT2D eigenvalue weighted by Gasteiger charge is 2.19. The molecule has 1 aliphatic heterocycles. The van der Waals surface area contributed by atoms with Crippen molar-refractivity contribution < 1.29 is 9.90 Å². The van der Waals surface area contributed by atoms with Gasteiger partial charge in [0.1, 0.15) is 5.75 Å². The molecule has 0 aromatic heterocycles. The normalized spacial score (nSPS) is 13.0. The fraction of sp³-hybridized carbons (Fsp3) is 0.133. The third-order valence-electron chi connectivity index (χ3n) is 3.31. The number of nitrogens with one attached hydrogen (secondary N) is 2. The zero-order valence-electron chi connectivity index (χ0n) is 10.9. The molecule has 6 heteroatoms. The number of halogens is 2. The van der Waals surface area contributed by atoms with Crippen LogP contribution in [-0.2, 0) is 17.8 Å². The van der Waals surface area contributed by atoms with Crippen molar-refractivity contribution in [2.75, 3.05) is 10.6 Å². The van der Waals surface area contributed by atoms with Crippen molar-refractivity contribution in [3.05, 3.63) is 51.0 Å². The Morgan fingerprint density at radius 2 is 2.14 bits per heavy atom. The highest BCUT2D eigenvalue weighted by atomic mass is 79.9. The second-order valence-electron chi connectivity index (χ2n) is 4.85. The summed E-state index contributed by atoms with van der Waals surface area (Å²) in [5.74, 6) is 0.194. The van der Waals surface area contributed by atoms with Gasteiger partial charge in [-0.2, -0.15) is 0 Å². The molecule has 108 valence electrons. The number of fused-ring (bicyclic) bond motifs is 1. The fourth-order valence-electron chi connectivity index (χ4n) is 2.24.